The Hall–Kier alpha value is 4.83. The molecule has 0 aromatic rings. The summed E-state index contributed by atoms with van der Waals surface area (Å²) in [6.07, 6.45) is 0. The first-order chi connectivity index (χ1) is 1.41. The highest BCUT2D eigenvalue weighted by molar-refractivity contribution is 5.83. The minimum Gasteiger partial charge on any atom is -0.323 e. The van der Waals surface area contributed by atoms with Crippen molar-refractivity contribution in [1.82, 2.24) is 5.32 Å². The highest BCUT2D eigenvalue weighted by Crippen LogP contribution is 0.981. The molecule has 0 aromatic heterocycles. The van der Waals surface area contributed by atoms with Crippen LogP contribution in [0.25, 0.3) is 0 Å². The van der Waals surface area contributed by atoms with Crippen LogP contribution < -0.4 is 5.32 Å². The zero-order valence-electron chi connectivity index (χ0n) is 2.50. The Morgan fingerprint density at radius 1 is 0.0641 bits per heavy atom. The molecule has 0 heterocycles. The van der Waals surface area contributed by atoms with E-state index in [0.29, 0.717) is 0 Å². The first-order valence-electron chi connectivity index (χ1n) is 1.00. The van der Waals surface area contributed by atoms with Gasteiger partial charge in [0.25, 0.3) is 0 Å². The maximum absolute atomic E-state index is 2.75. The highest BCUT2D eigenvalue weighted by atomic mass is 14.7. The van der Waals surface area contributed by atoms with E-state index in [0.717, 1.165) is 0 Å². The van der Waals surface area contributed by atoms with E-state index < -0.39 is 0 Å². The fraction of sp³-hybridized carbons (Fsp3) is 1.00. The van der Waals surface area contributed by atoms with Crippen LogP contribution in [-0.2, 0) is 0 Å². The van der Waals surface area contributed by atoms with E-state index in [1.165, 1.54) is 0 Å². The summed E-state index contributed by atoms with van der Waals surface area (Å²) in [4.78, 5) is 0. The Morgan fingerprint density at radius 2 is 0.0641 bits per heavy atom. The number of nitrogens with one attached hydrogen (secondary N) is 1. The smallest absolute Gasteiger partial charge is 0.0814 e. The second kappa shape index (κ2) is 15700. The summed E-state index contributed by atoms with van der Waals surface area (Å²) in [5.41, 5.74) is 0. The van der Waals surface area contributed by atoms with Crippen molar-refractivity contribution in [3.8, 4) is 0 Å². The van der Waals surface area contributed by atoms with Crippen molar-refractivity contribution in [2.24, 2.45) is 0 Å². The van der Waals surface area contributed by atoms with Crippen molar-refractivity contribution in [1.29, 1.82) is 0 Å². The summed E-state index contributed by atoms with van der Waals surface area (Å²) in [6.45, 7) is 0. The van der Waals surface area contributed by atoms with Crippen molar-refractivity contribution in [3.63, 3.8) is 0 Å². The van der Waals surface area contributed by atoms with E-state index in [2.05, 4.69) is 5.32 Å². The zero-order valence-corrected chi connectivity index (χ0v) is 2.50. The van der Waals surface area contributed by atoms with Gasteiger partial charge in [0.05, 0.1) is 631 Å². The minimum atomic E-state index is 0. The first kappa shape index (κ1) is 11900. The third-order valence-corrected chi connectivity index (χ3v) is 0. The van der Waals surface area contributed by atoms with E-state index in [4.69, 9.17) is 0 Å². The van der Waals surface area contributed by atoms with Gasteiger partial charge in [-0.05, 0) is 14.1 Å². The van der Waals surface area contributed by atoms with E-state index in [-0.39, 0.29) is 631 Å². The van der Waals surface area contributed by atoms with Crippen molar-refractivity contribution in [2.75, 3.05) is 14.1 Å². The second-order valence-electron chi connectivity index (χ2n) is 0.500. The lowest BCUT2D eigenvalue weighted by Crippen LogP contribution is -1.89. The predicted octanol–water partition coefficient (Wildman–Crippen LogP) is -89.0. The van der Waals surface area contributed by atoms with Crippen LogP contribution in [0.5, 0.6) is 0 Å². The fourth-order valence-corrected chi connectivity index (χ4v) is 0. The maximum Gasteiger partial charge on any atom is 0.0814 e. The van der Waals surface area contributed by atoms with E-state index in [1.807, 2.05) is 14.1 Å². The van der Waals surface area contributed by atoms with Crippen LogP contribution >= 0.6 is 0 Å². The molecule has 0 atom stereocenters. The van der Waals surface area contributed by atoms with E-state index in [1.54, 1.807) is 0 Å². The van der Waals surface area contributed by atoms with Crippen LogP contribution in [0.4, 0.5) is 0 Å². The molecule has 0 unspecified atom stereocenters. The zero-order chi connectivity index (χ0) is 2.71. The van der Waals surface area contributed by atoms with Gasteiger partial charge in [-0.15, -0.1) is 0 Å². The quantitative estimate of drug-likeness (QED) is 0.238. The van der Waals surface area contributed by atoms with Crippen molar-refractivity contribution in [3.05, 3.63) is 0 Å². The van der Waals surface area contributed by atoms with Gasteiger partial charge >= 0.3 is 0 Å². The fourth-order valence-electron chi connectivity index (χ4n) is 0. The molecule has 0 aliphatic heterocycles. The van der Waals surface area contributed by atoms with Crippen molar-refractivity contribution in [2.45, 2.75) is 0 Å². The Kier molecular flexibility index (Phi) is 2400000. The molecule has 0 spiro atoms. The summed E-state index contributed by atoms with van der Waals surface area (Å²) in [5.74, 6) is 0. The normalized spacial score (nSPS) is 0.231. The molecule has 0 rings (SSSR count). The highest BCUT2D eigenvalue weighted by Gasteiger charge is 1.25. The number of hydrogen-bond acceptors (Lipinski definition) is 1. The Bertz CT molecular complexity index is 21.1. The average molecular weight is 1080 g/mol. The number of hydrogen-bond donors (Lipinski definition) is 1. The lowest BCUT2D eigenvalue weighted by Gasteiger charge is -1.59. The molecule has 0 bridgehead atoms. The second-order valence-corrected chi connectivity index (χ2v) is 0.500. The predicted molar refractivity (Wildman–Crippen MR) is 760 cm³/mol. The standard InChI is InChI=1S/C2H7N.75BH3/c1-3-2;;;;;;;;;;;;;;;;;;;;;;;;;;;;;;;;;;;;;;;;;;;;;;;;;;;;;;;;;;;;;;;;;;;;;;;;;;;/h3H,1-2H3;75*1H3. The lowest BCUT2D eigenvalue weighted by atomic mass is 10.8. The molecular weight excluding hydrogens is 849 g/mol. The first-order valence-corrected chi connectivity index (χ1v) is 1.00. The Morgan fingerprint density at radius 3 is 0.0641 bits per heavy atom. The van der Waals surface area contributed by atoms with Crippen molar-refractivity contribution >= 4 is 631 Å². The van der Waals surface area contributed by atoms with Gasteiger partial charge in [0, 0.05) is 0 Å². The van der Waals surface area contributed by atoms with Crippen LogP contribution in [0.15, 0.2) is 0 Å². The molecule has 0 aliphatic rings. The van der Waals surface area contributed by atoms with E-state index in [9.17, 15) is 0 Å². The monoisotopic (exact) mass is 1100 g/mol. The van der Waals surface area contributed by atoms with Crippen LogP contribution in [0.3, 0.4) is 0 Å². The number of rotatable bonds is 0. The summed E-state index contributed by atoms with van der Waals surface area (Å²) in [6, 6.07) is 0. The van der Waals surface area contributed by atoms with Gasteiger partial charge < -0.3 is 5.32 Å². The van der Waals surface area contributed by atoms with Gasteiger partial charge in [0.1, 0.15) is 0 Å². The molecule has 76 heteroatoms. The topological polar surface area (TPSA) is 12.0 Å². The van der Waals surface area contributed by atoms with Gasteiger partial charge in [-0.2, -0.15) is 0 Å². The average Bonchev–Trinajstić information content (AvgIpc) is 0.918. The van der Waals surface area contributed by atoms with Crippen molar-refractivity contribution < 1.29 is 0 Å². The van der Waals surface area contributed by atoms with Gasteiger partial charge in [-0.1, -0.05) is 0 Å². The molecule has 78 heavy (non-hydrogen) atoms. The molecule has 0 aromatic carbocycles. The molecule has 0 saturated carbocycles. The third kappa shape index (κ3) is 22100. The minimum absolute atomic E-state index is 0. The molecule has 0 amide bonds. The SMILES string of the molecule is B.B.B.B.B.B.B.B.B.B.B.B.B.B.B.B.B.B.B.B.B.B.B.B.B.B.B.B.B.B.B.B.B.B.B.B.B.B.B.B.B.B.B.B.B.B.B.B.B.B.B.B.B.B.B.B.B.B.B.B.B.B.B.B.B.B.B.B.B.B.B.B.B.B.B.CNC. The summed E-state index contributed by atoms with van der Waals surface area (Å²) in [7, 11) is 3.75. The van der Waals surface area contributed by atoms with Gasteiger partial charge in [-0.3, -0.25) is 0 Å². The van der Waals surface area contributed by atoms with Crippen LogP contribution in [0.1, 0.15) is 0 Å². The Labute approximate surface area is 645 Å². The van der Waals surface area contributed by atoms with Gasteiger partial charge in [0.15, 0.2) is 0 Å². The molecule has 0 aliphatic carbocycles. The van der Waals surface area contributed by atoms with Crippen LogP contribution in [0.2, 0.25) is 0 Å². The summed E-state index contributed by atoms with van der Waals surface area (Å²) >= 11 is 0. The molecular formula is C2H232B75N. The van der Waals surface area contributed by atoms with E-state index >= 15 is 0 Å². The molecule has 0 saturated heterocycles. The third-order valence-electron chi connectivity index (χ3n) is 0. The lowest BCUT2D eigenvalue weighted by molar-refractivity contribution is 1.02. The molecule has 1 N–H and O–H groups in total. The molecule has 0 radical (unpaired) electrons. The Balaban J connectivity index is -0.00000000000721. The molecule has 1 nitrogen and oxygen atoms in total. The van der Waals surface area contributed by atoms with Gasteiger partial charge in [-0.25, -0.2) is 0 Å². The summed E-state index contributed by atoms with van der Waals surface area (Å²) < 4.78 is 0. The van der Waals surface area contributed by atoms with Gasteiger partial charge in [0.2, 0.25) is 0 Å². The largest absolute Gasteiger partial charge is 0.323 e. The van der Waals surface area contributed by atoms with Crippen LogP contribution in [-0.4, -0.2) is 645 Å². The van der Waals surface area contributed by atoms with Crippen LogP contribution in [0, 0.1) is 0 Å². The molecule has 470 valence electrons. The molecule has 0 fully saturated rings. The maximum atomic E-state index is 2.75. The summed E-state index contributed by atoms with van der Waals surface area (Å²) in [5, 5.41) is 2.75.